The van der Waals surface area contributed by atoms with Gasteiger partial charge >= 0.3 is 0 Å². The van der Waals surface area contributed by atoms with Gasteiger partial charge in [-0.1, -0.05) is 19.1 Å². The Morgan fingerprint density at radius 2 is 1.82 bits per heavy atom. The zero-order chi connectivity index (χ0) is 19.7. The maximum atomic E-state index is 13.0. The van der Waals surface area contributed by atoms with Gasteiger partial charge in [0, 0.05) is 24.2 Å². The van der Waals surface area contributed by atoms with Gasteiger partial charge in [0.2, 0.25) is 10.0 Å². The summed E-state index contributed by atoms with van der Waals surface area (Å²) in [5.41, 5.74) is 2.92. The van der Waals surface area contributed by atoms with Crippen LogP contribution in [0.2, 0.25) is 0 Å². The minimum absolute atomic E-state index is 0.343. The van der Waals surface area contributed by atoms with Gasteiger partial charge in [0.1, 0.15) is 5.82 Å². The molecule has 28 heavy (non-hydrogen) atoms. The van der Waals surface area contributed by atoms with E-state index in [1.54, 1.807) is 22.5 Å². The molecule has 0 radical (unpaired) electrons. The van der Waals surface area contributed by atoms with Crippen LogP contribution in [-0.4, -0.2) is 30.8 Å². The zero-order valence-electron chi connectivity index (χ0n) is 16.2. The third-order valence-electron chi connectivity index (χ3n) is 5.33. The van der Waals surface area contributed by atoms with Crippen molar-refractivity contribution in [2.24, 2.45) is 5.92 Å². The second-order valence-electron chi connectivity index (χ2n) is 7.63. The van der Waals surface area contributed by atoms with Crippen molar-refractivity contribution in [2.45, 2.75) is 31.6 Å². The fraction of sp³-hybridized carbons (Fsp3) is 0.318. The quantitative estimate of drug-likeness (QED) is 0.695. The van der Waals surface area contributed by atoms with Gasteiger partial charge in [0.15, 0.2) is 0 Å². The van der Waals surface area contributed by atoms with Crippen LogP contribution in [0.5, 0.6) is 0 Å². The van der Waals surface area contributed by atoms with Gasteiger partial charge in [-0.05, 0) is 73.7 Å². The summed E-state index contributed by atoms with van der Waals surface area (Å²) in [6.07, 6.45) is 1.84. The molecule has 1 aliphatic rings. The van der Waals surface area contributed by atoms with Crippen molar-refractivity contribution in [1.29, 1.82) is 0 Å². The topological polar surface area (TPSA) is 62.3 Å². The first-order valence-corrected chi connectivity index (χ1v) is 11.1. The van der Waals surface area contributed by atoms with E-state index < -0.39 is 10.0 Å². The summed E-state index contributed by atoms with van der Waals surface area (Å²) < 4.78 is 27.5. The number of hydrogen-bond donors (Lipinski definition) is 1. The largest absolute Gasteiger partial charge is 0.340 e. The minimum atomic E-state index is -3.45. The molecular formula is C22H25N3O2S. The van der Waals surface area contributed by atoms with Crippen LogP contribution in [0.15, 0.2) is 59.5 Å². The third kappa shape index (κ3) is 3.88. The summed E-state index contributed by atoms with van der Waals surface area (Å²) in [5, 5.41) is 4.12. The molecule has 3 aromatic rings. The lowest BCUT2D eigenvalue weighted by atomic mass is 10.0. The van der Waals surface area contributed by atoms with Gasteiger partial charge in [0.25, 0.3) is 0 Å². The molecule has 1 fully saturated rings. The van der Waals surface area contributed by atoms with Crippen molar-refractivity contribution in [3.05, 3.63) is 60.2 Å². The molecular weight excluding hydrogens is 370 g/mol. The standard InChI is InChI=1S/C22H25N3O2S/c1-16-10-12-25(13-11-16)28(26,27)20-7-8-21-18(15-20)6-9-22(24-21)23-19-5-3-4-17(2)14-19/h3-9,14-16H,10-13H2,1-2H3,(H,23,24). The average molecular weight is 396 g/mol. The van der Waals surface area contributed by atoms with E-state index in [-0.39, 0.29) is 0 Å². The Bertz CT molecular complexity index is 1100. The smallest absolute Gasteiger partial charge is 0.243 e. The highest BCUT2D eigenvalue weighted by atomic mass is 32.2. The Labute approximate surface area is 166 Å². The van der Waals surface area contributed by atoms with Crippen LogP contribution < -0.4 is 5.32 Å². The van der Waals surface area contributed by atoms with Crippen LogP contribution in [0.1, 0.15) is 25.3 Å². The maximum Gasteiger partial charge on any atom is 0.243 e. The van der Waals surface area contributed by atoms with Gasteiger partial charge in [0.05, 0.1) is 10.4 Å². The number of nitrogens with zero attached hydrogens (tertiary/aromatic N) is 2. The second kappa shape index (κ2) is 7.53. The highest BCUT2D eigenvalue weighted by Gasteiger charge is 2.28. The van der Waals surface area contributed by atoms with Crippen molar-refractivity contribution in [1.82, 2.24) is 9.29 Å². The van der Waals surface area contributed by atoms with Crippen LogP contribution in [0.25, 0.3) is 10.9 Å². The minimum Gasteiger partial charge on any atom is -0.340 e. The lowest BCUT2D eigenvalue weighted by Gasteiger charge is -2.29. The first kappa shape index (κ1) is 18.9. The number of sulfonamides is 1. The first-order valence-electron chi connectivity index (χ1n) is 9.66. The lowest BCUT2D eigenvalue weighted by molar-refractivity contribution is 0.288. The molecule has 5 nitrogen and oxygen atoms in total. The molecule has 0 atom stereocenters. The lowest BCUT2D eigenvalue weighted by Crippen LogP contribution is -2.37. The Morgan fingerprint density at radius 3 is 2.57 bits per heavy atom. The number of rotatable bonds is 4. The van der Waals surface area contributed by atoms with Crippen molar-refractivity contribution in [2.75, 3.05) is 18.4 Å². The summed E-state index contributed by atoms with van der Waals surface area (Å²) in [6.45, 7) is 5.41. The van der Waals surface area contributed by atoms with Crippen molar-refractivity contribution >= 4 is 32.4 Å². The van der Waals surface area contributed by atoms with Crippen molar-refractivity contribution < 1.29 is 8.42 Å². The number of pyridine rings is 1. The monoisotopic (exact) mass is 395 g/mol. The van der Waals surface area contributed by atoms with Crippen molar-refractivity contribution in [3.8, 4) is 0 Å². The predicted octanol–water partition coefficient (Wildman–Crippen LogP) is 4.71. The van der Waals surface area contributed by atoms with Crippen molar-refractivity contribution in [3.63, 3.8) is 0 Å². The van der Waals surface area contributed by atoms with E-state index in [9.17, 15) is 8.42 Å². The number of fused-ring (bicyclic) bond motifs is 1. The van der Waals surface area contributed by atoms with E-state index in [2.05, 4.69) is 23.3 Å². The number of hydrogen-bond acceptors (Lipinski definition) is 4. The van der Waals surface area contributed by atoms with Crippen LogP contribution in [0.4, 0.5) is 11.5 Å². The Kier molecular flexibility index (Phi) is 5.08. The maximum absolute atomic E-state index is 13.0. The highest BCUT2D eigenvalue weighted by Crippen LogP contribution is 2.26. The third-order valence-corrected chi connectivity index (χ3v) is 7.23. The molecule has 2 heterocycles. The van der Waals surface area contributed by atoms with Crippen LogP contribution in [-0.2, 0) is 10.0 Å². The molecule has 6 heteroatoms. The van der Waals surface area contributed by atoms with Crippen LogP contribution in [0.3, 0.4) is 0 Å². The number of aryl methyl sites for hydroxylation is 1. The normalized spacial score (nSPS) is 16.4. The zero-order valence-corrected chi connectivity index (χ0v) is 17.0. The Balaban J connectivity index is 1.59. The molecule has 1 aromatic heterocycles. The number of benzene rings is 2. The Morgan fingerprint density at radius 1 is 1.04 bits per heavy atom. The Hall–Kier alpha value is -2.44. The van der Waals surface area contributed by atoms with Crippen LogP contribution >= 0.6 is 0 Å². The molecule has 146 valence electrons. The van der Waals surface area contributed by atoms with E-state index in [1.165, 1.54) is 5.56 Å². The molecule has 1 aliphatic heterocycles. The van der Waals surface area contributed by atoms with E-state index >= 15 is 0 Å². The summed E-state index contributed by atoms with van der Waals surface area (Å²) >= 11 is 0. The molecule has 0 amide bonds. The SMILES string of the molecule is Cc1cccc(Nc2ccc3cc(S(=O)(=O)N4CCC(C)CC4)ccc3n2)c1. The van der Waals surface area contributed by atoms with E-state index in [1.807, 2.05) is 37.3 Å². The number of piperidine rings is 1. The molecule has 0 unspecified atom stereocenters. The van der Waals surface area contributed by atoms with E-state index in [4.69, 9.17) is 0 Å². The highest BCUT2D eigenvalue weighted by molar-refractivity contribution is 7.89. The molecule has 2 aromatic carbocycles. The van der Waals surface area contributed by atoms with E-state index in [0.29, 0.717) is 23.9 Å². The summed E-state index contributed by atoms with van der Waals surface area (Å²) in [6, 6.07) is 17.1. The van der Waals surface area contributed by atoms with Crippen LogP contribution in [0, 0.1) is 12.8 Å². The molecule has 0 bridgehead atoms. The molecule has 1 saturated heterocycles. The van der Waals surface area contributed by atoms with Gasteiger partial charge < -0.3 is 5.32 Å². The summed E-state index contributed by atoms with van der Waals surface area (Å²) in [5.74, 6) is 1.32. The predicted molar refractivity (Wildman–Crippen MR) is 113 cm³/mol. The van der Waals surface area contributed by atoms with Gasteiger partial charge in [-0.15, -0.1) is 0 Å². The van der Waals surface area contributed by atoms with Gasteiger partial charge in [-0.3, -0.25) is 0 Å². The second-order valence-corrected chi connectivity index (χ2v) is 9.57. The number of aromatic nitrogens is 1. The molecule has 0 saturated carbocycles. The molecule has 0 aliphatic carbocycles. The average Bonchev–Trinajstić information content (AvgIpc) is 2.68. The molecule has 4 rings (SSSR count). The van der Waals surface area contributed by atoms with E-state index in [0.717, 1.165) is 35.2 Å². The summed E-state index contributed by atoms with van der Waals surface area (Å²) in [7, 11) is -3.45. The summed E-state index contributed by atoms with van der Waals surface area (Å²) in [4.78, 5) is 4.97. The fourth-order valence-electron chi connectivity index (χ4n) is 3.58. The molecule has 0 spiro atoms. The van der Waals surface area contributed by atoms with Gasteiger partial charge in [-0.25, -0.2) is 13.4 Å². The number of nitrogens with one attached hydrogen (secondary N) is 1. The van der Waals surface area contributed by atoms with Gasteiger partial charge in [-0.2, -0.15) is 4.31 Å². The fourth-order valence-corrected chi connectivity index (χ4v) is 5.08. The first-order chi connectivity index (χ1) is 13.4. The number of anilines is 2. The molecule has 1 N–H and O–H groups in total.